The molecule has 20 heavy (non-hydrogen) atoms. The standard InChI is InChI=1S/C16H25FN2O/c1-4-18-16(13-8-12(3)9-14(17)10-13)15-11-19(5-2)6-7-20-15/h8-10,15-16,18H,4-7,11H2,1-3H3. The fourth-order valence-electron chi connectivity index (χ4n) is 2.85. The summed E-state index contributed by atoms with van der Waals surface area (Å²) in [7, 11) is 0. The number of likely N-dealkylation sites (N-methyl/N-ethyl adjacent to an activating group) is 2. The Morgan fingerprint density at radius 2 is 2.20 bits per heavy atom. The van der Waals surface area contributed by atoms with Crippen LogP contribution in [0.5, 0.6) is 0 Å². The summed E-state index contributed by atoms with van der Waals surface area (Å²) in [5.41, 5.74) is 1.93. The Morgan fingerprint density at radius 1 is 1.40 bits per heavy atom. The minimum Gasteiger partial charge on any atom is -0.374 e. The molecule has 1 aliphatic heterocycles. The highest BCUT2D eigenvalue weighted by Gasteiger charge is 2.28. The molecule has 0 radical (unpaired) electrons. The van der Waals surface area contributed by atoms with E-state index in [4.69, 9.17) is 4.74 Å². The van der Waals surface area contributed by atoms with Crippen LogP contribution in [0.4, 0.5) is 4.39 Å². The second-order valence-electron chi connectivity index (χ2n) is 5.40. The summed E-state index contributed by atoms with van der Waals surface area (Å²) in [6.07, 6.45) is 0.0739. The fourth-order valence-corrected chi connectivity index (χ4v) is 2.85. The zero-order valence-corrected chi connectivity index (χ0v) is 12.7. The SMILES string of the molecule is CCNC(c1cc(C)cc(F)c1)C1CN(CC)CCO1. The third kappa shape index (κ3) is 3.78. The predicted octanol–water partition coefficient (Wildman–Crippen LogP) is 2.51. The van der Waals surface area contributed by atoms with Crippen LogP contribution in [0.15, 0.2) is 18.2 Å². The number of hydrogen-bond acceptors (Lipinski definition) is 3. The summed E-state index contributed by atoms with van der Waals surface area (Å²) in [6, 6.07) is 5.27. The van der Waals surface area contributed by atoms with Crippen molar-refractivity contribution in [2.24, 2.45) is 0 Å². The monoisotopic (exact) mass is 280 g/mol. The van der Waals surface area contributed by atoms with E-state index in [1.807, 2.05) is 13.0 Å². The largest absolute Gasteiger partial charge is 0.374 e. The van der Waals surface area contributed by atoms with Crippen molar-refractivity contribution >= 4 is 0 Å². The van der Waals surface area contributed by atoms with Crippen LogP contribution in [0.2, 0.25) is 0 Å². The van der Waals surface area contributed by atoms with E-state index in [9.17, 15) is 4.39 Å². The molecule has 0 aliphatic carbocycles. The third-order valence-corrected chi connectivity index (χ3v) is 3.84. The minimum absolute atomic E-state index is 0.0451. The second kappa shape index (κ2) is 7.16. The van der Waals surface area contributed by atoms with Gasteiger partial charge < -0.3 is 10.1 Å². The third-order valence-electron chi connectivity index (χ3n) is 3.84. The molecule has 1 N–H and O–H groups in total. The van der Waals surface area contributed by atoms with Gasteiger partial charge in [0, 0.05) is 13.1 Å². The van der Waals surface area contributed by atoms with Crippen molar-refractivity contribution in [1.82, 2.24) is 10.2 Å². The van der Waals surface area contributed by atoms with Gasteiger partial charge in [-0.3, -0.25) is 4.90 Å². The topological polar surface area (TPSA) is 24.5 Å². The maximum absolute atomic E-state index is 13.7. The Labute approximate surface area is 121 Å². The summed E-state index contributed by atoms with van der Waals surface area (Å²) in [4.78, 5) is 2.38. The molecule has 3 nitrogen and oxygen atoms in total. The highest BCUT2D eigenvalue weighted by molar-refractivity contribution is 5.27. The zero-order chi connectivity index (χ0) is 14.5. The van der Waals surface area contributed by atoms with Gasteiger partial charge in [-0.05, 0) is 43.3 Å². The number of hydrogen-bond donors (Lipinski definition) is 1. The van der Waals surface area contributed by atoms with Crippen LogP contribution in [0.1, 0.15) is 31.0 Å². The van der Waals surface area contributed by atoms with E-state index in [1.165, 1.54) is 0 Å². The van der Waals surface area contributed by atoms with E-state index >= 15 is 0 Å². The van der Waals surface area contributed by atoms with Crippen molar-refractivity contribution in [2.75, 3.05) is 32.8 Å². The smallest absolute Gasteiger partial charge is 0.123 e. The summed E-state index contributed by atoms with van der Waals surface area (Å²) in [5, 5.41) is 3.45. The molecule has 4 heteroatoms. The average Bonchev–Trinajstić information content (AvgIpc) is 2.43. The van der Waals surface area contributed by atoms with E-state index in [0.29, 0.717) is 0 Å². The number of halogens is 1. The highest BCUT2D eigenvalue weighted by Crippen LogP contribution is 2.24. The molecule has 0 spiro atoms. The Bertz CT molecular complexity index is 418. The van der Waals surface area contributed by atoms with E-state index in [1.54, 1.807) is 12.1 Å². The van der Waals surface area contributed by atoms with Gasteiger partial charge >= 0.3 is 0 Å². The van der Waals surface area contributed by atoms with Crippen LogP contribution < -0.4 is 5.32 Å². The normalized spacial score (nSPS) is 21.9. The quantitative estimate of drug-likeness (QED) is 0.897. The Balaban J connectivity index is 2.21. The van der Waals surface area contributed by atoms with E-state index in [0.717, 1.165) is 43.9 Å². The summed E-state index contributed by atoms with van der Waals surface area (Å²) < 4.78 is 19.6. The van der Waals surface area contributed by atoms with Gasteiger partial charge in [0.1, 0.15) is 5.82 Å². The molecule has 2 rings (SSSR count). The molecule has 0 amide bonds. The molecule has 112 valence electrons. The van der Waals surface area contributed by atoms with E-state index in [-0.39, 0.29) is 18.0 Å². The molecule has 1 heterocycles. The molecule has 1 fully saturated rings. The van der Waals surface area contributed by atoms with Gasteiger partial charge in [-0.25, -0.2) is 4.39 Å². The van der Waals surface area contributed by atoms with Gasteiger partial charge in [0.15, 0.2) is 0 Å². The predicted molar refractivity (Wildman–Crippen MR) is 79.4 cm³/mol. The Morgan fingerprint density at radius 3 is 2.85 bits per heavy atom. The van der Waals surface area contributed by atoms with Gasteiger partial charge in [0.2, 0.25) is 0 Å². The van der Waals surface area contributed by atoms with Crippen molar-refractivity contribution in [3.8, 4) is 0 Å². The molecule has 1 aromatic carbocycles. The zero-order valence-electron chi connectivity index (χ0n) is 12.7. The Kier molecular flexibility index (Phi) is 5.52. The number of benzene rings is 1. The first kappa shape index (κ1) is 15.4. The molecule has 0 bridgehead atoms. The van der Waals surface area contributed by atoms with Gasteiger partial charge in [0.25, 0.3) is 0 Å². The summed E-state index contributed by atoms with van der Waals surface area (Å²) in [5.74, 6) is -0.175. The summed E-state index contributed by atoms with van der Waals surface area (Å²) >= 11 is 0. The minimum atomic E-state index is -0.175. The fraction of sp³-hybridized carbons (Fsp3) is 0.625. The van der Waals surface area contributed by atoms with Crippen LogP contribution in [0, 0.1) is 12.7 Å². The maximum atomic E-state index is 13.7. The van der Waals surface area contributed by atoms with Crippen LogP contribution in [-0.2, 0) is 4.74 Å². The van der Waals surface area contributed by atoms with Gasteiger partial charge in [0.05, 0.1) is 18.8 Å². The number of morpholine rings is 1. The maximum Gasteiger partial charge on any atom is 0.123 e. The molecule has 1 saturated heterocycles. The van der Waals surface area contributed by atoms with Gasteiger partial charge in [-0.1, -0.05) is 19.9 Å². The molecule has 1 aliphatic rings. The van der Waals surface area contributed by atoms with Crippen LogP contribution in [0.3, 0.4) is 0 Å². The Hall–Kier alpha value is -0.970. The van der Waals surface area contributed by atoms with Crippen LogP contribution in [-0.4, -0.2) is 43.8 Å². The molecule has 2 unspecified atom stereocenters. The second-order valence-corrected chi connectivity index (χ2v) is 5.40. The van der Waals surface area contributed by atoms with Crippen molar-refractivity contribution in [1.29, 1.82) is 0 Å². The van der Waals surface area contributed by atoms with Gasteiger partial charge in [-0.2, -0.15) is 0 Å². The first-order valence-electron chi connectivity index (χ1n) is 7.48. The van der Waals surface area contributed by atoms with Crippen molar-refractivity contribution < 1.29 is 9.13 Å². The van der Waals surface area contributed by atoms with E-state index < -0.39 is 0 Å². The molecule has 1 aromatic rings. The highest BCUT2D eigenvalue weighted by atomic mass is 19.1. The number of nitrogens with one attached hydrogen (secondary N) is 1. The lowest BCUT2D eigenvalue weighted by Gasteiger charge is -2.37. The summed E-state index contributed by atoms with van der Waals surface area (Å²) in [6.45, 7) is 10.6. The molecular weight excluding hydrogens is 255 g/mol. The van der Waals surface area contributed by atoms with Crippen molar-refractivity contribution in [2.45, 2.75) is 32.9 Å². The lowest BCUT2D eigenvalue weighted by Crippen LogP contribution is -2.48. The molecule has 0 aromatic heterocycles. The van der Waals surface area contributed by atoms with E-state index in [2.05, 4.69) is 24.1 Å². The number of aryl methyl sites for hydroxylation is 1. The van der Waals surface area contributed by atoms with Gasteiger partial charge in [-0.15, -0.1) is 0 Å². The number of ether oxygens (including phenoxy) is 1. The first-order valence-corrected chi connectivity index (χ1v) is 7.48. The average molecular weight is 280 g/mol. The lowest BCUT2D eigenvalue weighted by atomic mass is 9.98. The number of rotatable bonds is 5. The molecule has 2 atom stereocenters. The first-order chi connectivity index (χ1) is 9.63. The number of nitrogens with zero attached hydrogens (tertiary/aromatic N) is 1. The molecule has 0 saturated carbocycles. The van der Waals surface area contributed by atoms with Crippen LogP contribution in [0.25, 0.3) is 0 Å². The lowest BCUT2D eigenvalue weighted by molar-refractivity contribution is -0.0454. The van der Waals surface area contributed by atoms with Crippen molar-refractivity contribution in [3.05, 3.63) is 35.1 Å². The van der Waals surface area contributed by atoms with Crippen LogP contribution >= 0.6 is 0 Å². The van der Waals surface area contributed by atoms with Crippen molar-refractivity contribution in [3.63, 3.8) is 0 Å². The molecular formula is C16H25FN2O.